The van der Waals surface area contributed by atoms with E-state index in [-0.39, 0.29) is 6.42 Å². The minimum atomic E-state index is -0.747. The van der Waals surface area contributed by atoms with Gasteiger partial charge in [-0.3, -0.25) is 4.79 Å². The van der Waals surface area contributed by atoms with Crippen LogP contribution in [0.1, 0.15) is 71.1 Å². The summed E-state index contributed by atoms with van der Waals surface area (Å²) < 4.78 is 0. The number of hydrogen-bond donors (Lipinski definition) is 1. The van der Waals surface area contributed by atoms with E-state index in [9.17, 15) is 4.79 Å². The summed E-state index contributed by atoms with van der Waals surface area (Å²) in [6.45, 7) is 2.17. The van der Waals surface area contributed by atoms with Crippen LogP contribution in [0.3, 0.4) is 0 Å². The van der Waals surface area contributed by atoms with Crippen LogP contribution in [0, 0.1) is 0 Å². The van der Waals surface area contributed by atoms with E-state index < -0.39 is 5.97 Å². The molecule has 2 heteroatoms. The highest BCUT2D eigenvalue weighted by atomic mass is 16.4. The zero-order chi connectivity index (χ0) is 13.5. The topological polar surface area (TPSA) is 37.3 Å². The predicted octanol–water partition coefficient (Wildman–Crippen LogP) is 5.10. The second kappa shape index (κ2) is 14.0. The first kappa shape index (κ1) is 16.9. The van der Waals surface area contributed by atoms with E-state index in [4.69, 9.17) is 5.11 Å². The Balaban J connectivity index is 3.09. The molecule has 0 heterocycles. The number of aliphatic carboxylic acids is 1. The first-order chi connectivity index (χ1) is 8.77. The van der Waals surface area contributed by atoms with Gasteiger partial charge in [-0.25, -0.2) is 0 Å². The van der Waals surface area contributed by atoms with Gasteiger partial charge >= 0.3 is 5.97 Å². The van der Waals surface area contributed by atoms with Crippen molar-refractivity contribution in [3.8, 4) is 0 Å². The standard InChI is InChI=1S/C16H28O2/c1-2-3-4-5-6-7-8-9-10-11-12-13-14-15-16(17)18/h3-4,13-14H,2,5-12,15H2,1H3,(H,17,18). The van der Waals surface area contributed by atoms with Crippen LogP contribution >= 0.6 is 0 Å². The molecule has 0 spiro atoms. The van der Waals surface area contributed by atoms with Crippen LogP contribution < -0.4 is 0 Å². The fourth-order valence-electron chi connectivity index (χ4n) is 1.82. The van der Waals surface area contributed by atoms with Crippen molar-refractivity contribution in [2.24, 2.45) is 0 Å². The smallest absolute Gasteiger partial charge is 0.307 e. The molecule has 0 saturated carbocycles. The lowest BCUT2D eigenvalue weighted by Crippen LogP contribution is -1.89. The van der Waals surface area contributed by atoms with E-state index in [1.54, 1.807) is 6.08 Å². The summed E-state index contributed by atoms with van der Waals surface area (Å²) in [7, 11) is 0. The van der Waals surface area contributed by atoms with Crippen molar-refractivity contribution < 1.29 is 9.90 Å². The Hall–Kier alpha value is -1.05. The Labute approximate surface area is 112 Å². The molecule has 0 unspecified atom stereocenters. The number of carbonyl (C=O) groups is 1. The van der Waals surface area contributed by atoms with Crippen LogP contribution in [0.25, 0.3) is 0 Å². The maximum Gasteiger partial charge on any atom is 0.307 e. The number of allylic oxidation sites excluding steroid dienone is 3. The van der Waals surface area contributed by atoms with Crippen molar-refractivity contribution in [2.45, 2.75) is 71.1 Å². The molecule has 18 heavy (non-hydrogen) atoms. The molecule has 0 rings (SSSR count). The Kier molecular flexibility index (Phi) is 13.2. The number of unbranched alkanes of at least 4 members (excludes halogenated alkanes) is 7. The summed E-state index contributed by atoms with van der Waals surface area (Å²) in [5, 5.41) is 8.43. The van der Waals surface area contributed by atoms with Gasteiger partial charge in [0.05, 0.1) is 6.42 Å². The zero-order valence-corrected chi connectivity index (χ0v) is 11.7. The summed E-state index contributed by atoms with van der Waals surface area (Å²) >= 11 is 0. The normalized spacial score (nSPS) is 11.6. The lowest BCUT2D eigenvalue weighted by atomic mass is 10.1. The first-order valence-electron chi connectivity index (χ1n) is 7.29. The summed E-state index contributed by atoms with van der Waals surface area (Å²) in [5.74, 6) is -0.747. The molecular formula is C16H28O2. The van der Waals surface area contributed by atoms with Crippen LogP contribution in [0.15, 0.2) is 24.3 Å². The van der Waals surface area contributed by atoms with Crippen molar-refractivity contribution in [3.05, 3.63) is 24.3 Å². The molecule has 0 fully saturated rings. The van der Waals surface area contributed by atoms with Gasteiger partial charge in [-0.2, -0.15) is 0 Å². The molecule has 0 aromatic heterocycles. The van der Waals surface area contributed by atoms with Crippen LogP contribution in [0.4, 0.5) is 0 Å². The third-order valence-corrected chi connectivity index (χ3v) is 2.85. The quantitative estimate of drug-likeness (QED) is 0.387. The molecule has 0 bridgehead atoms. The molecular weight excluding hydrogens is 224 g/mol. The van der Waals surface area contributed by atoms with Crippen molar-refractivity contribution in [3.63, 3.8) is 0 Å². The van der Waals surface area contributed by atoms with Crippen LogP contribution in [0.2, 0.25) is 0 Å². The highest BCUT2D eigenvalue weighted by Crippen LogP contribution is 2.09. The van der Waals surface area contributed by atoms with Gasteiger partial charge in [-0.05, 0) is 32.1 Å². The molecule has 0 aromatic carbocycles. The monoisotopic (exact) mass is 252 g/mol. The van der Waals surface area contributed by atoms with E-state index in [1.165, 1.54) is 44.9 Å². The highest BCUT2D eigenvalue weighted by molar-refractivity contribution is 5.68. The van der Waals surface area contributed by atoms with Gasteiger partial charge in [-0.15, -0.1) is 0 Å². The maximum absolute atomic E-state index is 10.2. The fraction of sp³-hybridized carbons (Fsp3) is 0.688. The lowest BCUT2D eigenvalue weighted by Gasteiger charge is -1.99. The fourth-order valence-corrected chi connectivity index (χ4v) is 1.82. The second-order valence-corrected chi connectivity index (χ2v) is 4.65. The molecule has 0 aliphatic rings. The predicted molar refractivity (Wildman–Crippen MR) is 77.8 cm³/mol. The SMILES string of the molecule is CCC=CCCCCCCCCC=CCC(=O)O. The first-order valence-corrected chi connectivity index (χ1v) is 7.29. The van der Waals surface area contributed by atoms with E-state index in [2.05, 4.69) is 19.1 Å². The summed E-state index contributed by atoms with van der Waals surface area (Å²) in [4.78, 5) is 10.2. The minimum Gasteiger partial charge on any atom is -0.481 e. The van der Waals surface area contributed by atoms with Gasteiger partial charge in [-0.1, -0.05) is 56.9 Å². The number of carboxylic acid groups (broad SMARTS) is 1. The molecule has 104 valence electrons. The van der Waals surface area contributed by atoms with E-state index in [1.807, 2.05) is 6.08 Å². The largest absolute Gasteiger partial charge is 0.481 e. The lowest BCUT2D eigenvalue weighted by molar-refractivity contribution is -0.136. The highest BCUT2D eigenvalue weighted by Gasteiger charge is 1.91. The van der Waals surface area contributed by atoms with Crippen LogP contribution in [-0.2, 0) is 4.79 Å². The van der Waals surface area contributed by atoms with Gasteiger partial charge in [0.1, 0.15) is 0 Å². The summed E-state index contributed by atoms with van der Waals surface area (Å²) in [5.41, 5.74) is 0. The second-order valence-electron chi connectivity index (χ2n) is 4.65. The van der Waals surface area contributed by atoms with Crippen molar-refractivity contribution in [1.29, 1.82) is 0 Å². The number of carboxylic acids is 1. The van der Waals surface area contributed by atoms with Gasteiger partial charge in [0.2, 0.25) is 0 Å². The molecule has 0 aliphatic heterocycles. The number of rotatable bonds is 12. The van der Waals surface area contributed by atoms with Crippen LogP contribution in [0.5, 0.6) is 0 Å². The number of hydrogen-bond acceptors (Lipinski definition) is 1. The van der Waals surface area contributed by atoms with E-state index in [0.717, 1.165) is 12.8 Å². The maximum atomic E-state index is 10.2. The van der Waals surface area contributed by atoms with Gasteiger partial charge < -0.3 is 5.11 Å². The molecule has 0 atom stereocenters. The Morgan fingerprint density at radius 1 is 0.833 bits per heavy atom. The molecule has 0 aromatic rings. The minimum absolute atomic E-state index is 0.158. The Morgan fingerprint density at radius 3 is 1.83 bits per heavy atom. The molecule has 1 N–H and O–H groups in total. The third kappa shape index (κ3) is 14.9. The Bertz CT molecular complexity index is 241. The summed E-state index contributed by atoms with van der Waals surface area (Å²) in [6.07, 6.45) is 19.6. The van der Waals surface area contributed by atoms with Crippen molar-refractivity contribution in [1.82, 2.24) is 0 Å². The van der Waals surface area contributed by atoms with Crippen LogP contribution in [-0.4, -0.2) is 11.1 Å². The molecule has 0 amide bonds. The van der Waals surface area contributed by atoms with Crippen molar-refractivity contribution in [2.75, 3.05) is 0 Å². The van der Waals surface area contributed by atoms with Gasteiger partial charge in [0.25, 0.3) is 0 Å². The molecule has 0 radical (unpaired) electrons. The average Bonchev–Trinajstić information content (AvgIpc) is 2.34. The third-order valence-electron chi connectivity index (χ3n) is 2.85. The van der Waals surface area contributed by atoms with Gasteiger partial charge in [0, 0.05) is 0 Å². The Morgan fingerprint density at radius 2 is 1.33 bits per heavy atom. The molecule has 0 aliphatic carbocycles. The average molecular weight is 252 g/mol. The summed E-state index contributed by atoms with van der Waals surface area (Å²) in [6, 6.07) is 0. The van der Waals surface area contributed by atoms with Crippen molar-refractivity contribution >= 4 is 5.97 Å². The molecule has 0 saturated heterocycles. The van der Waals surface area contributed by atoms with E-state index >= 15 is 0 Å². The zero-order valence-electron chi connectivity index (χ0n) is 11.7. The van der Waals surface area contributed by atoms with Gasteiger partial charge in [0.15, 0.2) is 0 Å². The molecule has 2 nitrogen and oxygen atoms in total. The van der Waals surface area contributed by atoms with E-state index in [0.29, 0.717) is 0 Å².